The van der Waals surface area contributed by atoms with E-state index in [0.717, 1.165) is 35.6 Å². The number of nitrogens with zero attached hydrogens (tertiary/aromatic N) is 3. The van der Waals surface area contributed by atoms with E-state index in [1.807, 2.05) is 29.9 Å². The van der Waals surface area contributed by atoms with Crippen molar-refractivity contribution in [3.05, 3.63) is 40.4 Å². The quantitative estimate of drug-likeness (QED) is 0.843. The second kappa shape index (κ2) is 7.40. The average molecular weight is 339 g/mol. The van der Waals surface area contributed by atoms with Crippen molar-refractivity contribution in [1.82, 2.24) is 20.1 Å². The van der Waals surface area contributed by atoms with Gasteiger partial charge in [-0.3, -0.25) is 0 Å². The van der Waals surface area contributed by atoms with Gasteiger partial charge in [0, 0.05) is 17.6 Å². The van der Waals surface area contributed by atoms with E-state index in [4.69, 9.17) is 4.74 Å². The van der Waals surface area contributed by atoms with Gasteiger partial charge in [0.15, 0.2) is 5.82 Å². The Bertz CT molecular complexity index is 556. The first-order valence-corrected chi connectivity index (χ1v) is 7.46. The minimum atomic E-state index is 0.431. The lowest BCUT2D eigenvalue weighted by atomic mass is 10.2. The van der Waals surface area contributed by atoms with Crippen molar-refractivity contribution in [2.45, 2.75) is 33.0 Å². The Hall–Kier alpha value is -1.40. The Labute approximate surface area is 127 Å². The molecule has 1 N–H and O–H groups in total. The van der Waals surface area contributed by atoms with E-state index in [0.29, 0.717) is 6.61 Å². The first-order valence-electron chi connectivity index (χ1n) is 6.67. The third kappa shape index (κ3) is 3.80. The molecule has 0 fully saturated rings. The fourth-order valence-corrected chi connectivity index (χ4v) is 2.30. The van der Waals surface area contributed by atoms with Crippen molar-refractivity contribution < 1.29 is 4.74 Å². The maximum atomic E-state index is 5.81. The monoisotopic (exact) mass is 338 g/mol. The summed E-state index contributed by atoms with van der Waals surface area (Å²) in [5, 5.41) is 7.32. The zero-order valence-corrected chi connectivity index (χ0v) is 13.4. The van der Waals surface area contributed by atoms with Crippen LogP contribution >= 0.6 is 15.9 Å². The van der Waals surface area contributed by atoms with E-state index in [1.165, 1.54) is 5.56 Å². The summed E-state index contributed by atoms with van der Waals surface area (Å²) in [5.74, 6) is 1.69. The van der Waals surface area contributed by atoms with Crippen LogP contribution < -0.4 is 10.1 Å². The lowest BCUT2D eigenvalue weighted by Gasteiger charge is -2.10. The molecule has 0 atom stereocenters. The Morgan fingerprint density at radius 3 is 3.00 bits per heavy atom. The van der Waals surface area contributed by atoms with E-state index >= 15 is 0 Å². The predicted octanol–water partition coefficient (Wildman–Crippen LogP) is 2.75. The largest absolute Gasteiger partial charge is 0.486 e. The predicted molar refractivity (Wildman–Crippen MR) is 81.6 cm³/mol. The highest BCUT2D eigenvalue weighted by molar-refractivity contribution is 9.10. The van der Waals surface area contributed by atoms with E-state index < -0.39 is 0 Å². The molecule has 0 amide bonds. The van der Waals surface area contributed by atoms with Crippen molar-refractivity contribution >= 4 is 15.9 Å². The summed E-state index contributed by atoms with van der Waals surface area (Å²) in [4.78, 5) is 4.23. The van der Waals surface area contributed by atoms with Gasteiger partial charge < -0.3 is 10.1 Å². The number of hydrogen-bond donors (Lipinski definition) is 1. The van der Waals surface area contributed by atoms with Gasteiger partial charge in [0.2, 0.25) is 0 Å². The molecule has 0 aliphatic rings. The maximum Gasteiger partial charge on any atom is 0.164 e. The zero-order valence-electron chi connectivity index (χ0n) is 11.8. The van der Waals surface area contributed by atoms with Crippen LogP contribution in [0, 0.1) is 0 Å². The van der Waals surface area contributed by atoms with Crippen molar-refractivity contribution in [3.8, 4) is 5.75 Å². The Kier molecular flexibility index (Phi) is 5.55. The summed E-state index contributed by atoms with van der Waals surface area (Å²) in [6, 6.07) is 5.98. The SMILES string of the molecule is CCCn1ncnc1COc1ccc(Br)c(CNC)c1. The molecule has 1 heterocycles. The molecule has 6 heteroatoms. The molecule has 1 aromatic carbocycles. The minimum absolute atomic E-state index is 0.431. The van der Waals surface area contributed by atoms with Crippen LogP contribution in [0.2, 0.25) is 0 Å². The summed E-state index contributed by atoms with van der Waals surface area (Å²) in [6.07, 6.45) is 2.60. The van der Waals surface area contributed by atoms with Crippen molar-refractivity contribution in [3.63, 3.8) is 0 Å². The minimum Gasteiger partial charge on any atom is -0.486 e. The van der Waals surface area contributed by atoms with E-state index in [9.17, 15) is 0 Å². The molecule has 5 nitrogen and oxygen atoms in total. The third-order valence-corrected chi connectivity index (χ3v) is 3.66. The fourth-order valence-electron chi connectivity index (χ4n) is 1.91. The van der Waals surface area contributed by atoms with Crippen LogP contribution in [0.3, 0.4) is 0 Å². The number of halogens is 1. The van der Waals surface area contributed by atoms with Gasteiger partial charge >= 0.3 is 0 Å². The number of hydrogen-bond acceptors (Lipinski definition) is 4. The summed E-state index contributed by atoms with van der Waals surface area (Å²) in [6.45, 7) is 4.21. The highest BCUT2D eigenvalue weighted by atomic mass is 79.9. The molecule has 0 saturated heterocycles. The molecule has 0 aliphatic heterocycles. The average Bonchev–Trinajstić information content (AvgIpc) is 2.88. The van der Waals surface area contributed by atoms with Gasteiger partial charge in [-0.25, -0.2) is 9.67 Å². The highest BCUT2D eigenvalue weighted by Gasteiger charge is 2.06. The van der Waals surface area contributed by atoms with Gasteiger partial charge in [-0.05, 0) is 37.2 Å². The smallest absolute Gasteiger partial charge is 0.164 e. The van der Waals surface area contributed by atoms with Gasteiger partial charge in [-0.1, -0.05) is 22.9 Å². The van der Waals surface area contributed by atoms with Crippen LogP contribution in [0.4, 0.5) is 0 Å². The van der Waals surface area contributed by atoms with E-state index in [1.54, 1.807) is 6.33 Å². The molecule has 0 saturated carbocycles. The van der Waals surface area contributed by atoms with E-state index in [-0.39, 0.29) is 0 Å². The molecule has 0 spiro atoms. The molecular formula is C14H19BrN4O. The lowest BCUT2D eigenvalue weighted by molar-refractivity contribution is 0.286. The van der Waals surface area contributed by atoms with Gasteiger partial charge in [0.25, 0.3) is 0 Å². The van der Waals surface area contributed by atoms with Crippen LogP contribution in [0.25, 0.3) is 0 Å². The molecule has 108 valence electrons. The third-order valence-electron chi connectivity index (χ3n) is 2.88. The molecule has 0 bridgehead atoms. The summed E-state index contributed by atoms with van der Waals surface area (Å²) in [5.41, 5.74) is 1.17. The molecular weight excluding hydrogens is 320 g/mol. The molecule has 2 rings (SSSR count). The van der Waals surface area contributed by atoms with Gasteiger partial charge in [0.05, 0.1) is 0 Å². The molecule has 0 radical (unpaired) electrons. The normalized spacial score (nSPS) is 10.8. The molecule has 20 heavy (non-hydrogen) atoms. The highest BCUT2D eigenvalue weighted by Crippen LogP contribution is 2.23. The molecule has 2 aromatic rings. The first kappa shape index (κ1) is 15.0. The Morgan fingerprint density at radius 2 is 2.25 bits per heavy atom. The molecule has 1 aromatic heterocycles. The van der Waals surface area contributed by atoms with Gasteiger partial charge in [-0.2, -0.15) is 5.10 Å². The van der Waals surface area contributed by atoms with Crippen LogP contribution in [0.5, 0.6) is 5.75 Å². The number of rotatable bonds is 7. The molecule has 0 aliphatic carbocycles. The van der Waals surface area contributed by atoms with Crippen molar-refractivity contribution in [1.29, 1.82) is 0 Å². The van der Waals surface area contributed by atoms with Crippen LogP contribution in [-0.4, -0.2) is 21.8 Å². The first-order chi connectivity index (χ1) is 9.74. The van der Waals surface area contributed by atoms with Crippen LogP contribution in [-0.2, 0) is 19.7 Å². The van der Waals surface area contributed by atoms with Crippen LogP contribution in [0.1, 0.15) is 24.7 Å². The zero-order chi connectivity index (χ0) is 14.4. The Morgan fingerprint density at radius 1 is 1.40 bits per heavy atom. The summed E-state index contributed by atoms with van der Waals surface area (Å²) < 4.78 is 8.77. The summed E-state index contributed by atoms with van der Waals surface area (Å²) >= 11 is 3.53. The Balaban J connectivity index is 2.03. The fraction of sp³-hybridized carbons (Fsp3) is 0.429. The molecule has 0 unspecified atom stereocenters. The number of nitrogens with one attached hydrogen (secondary N) is 1. The van der Waals surface area contributed by atoms with Gasteiger partial charge in [-0.15, -0.1) is 0 Å². The summed E-state index contributed by atoms with van der Waals surface area (Å²) in [7, 11) is 1.92. The van der Waals surface area contributed by atoms with Gasteiger partial charge in [0.1, 0.15) is 18.7 Å². The standard InChI is InChI=1S/C14H19BrN4O/c1-3-6-19-14(17-10-18-19)9-20-12-4-5-13(15)11(7-12)8-16-2/h4-5,7,10,16H,3,6,8-9H2,1-2H3. The number of benzene rings is 1. The van der Waals surface area contributed by atoms with E-state index in [2.05, 4.69) is 38.3 Å². The number of aryl methyl sites for hydroxylation is 1. The van der Waals surface area contributed by atoms with Crippen molar-refractivity contribution in [2.24, 2.45) is 0 Å². The van der Waals surface area contributed by atoms with Crippen LogP contribution in [0.15, 0.2) is 29.0 Å². The number of aromatic nitrogens is 3. The van der Waals surface area contributed by atoms with Crippen molar-refractivity contribution in [2.75, 3.05) is 7.05 Å². The second-order valence-electron chi connectivity index (χ2n) is 4.47. The lowest BCUT2D eigenvalue weighted by Crippen LogP contribution is -2.09. The maximum absolute atomic E-state index is 5.81. The second-order valence-corrected chi connectivity index (χ2v) is 5.33. The number of ether oxygens (including phenoxy) is 1. The topological polar surface area (TPSA) is 52.0 Å².